The van der Waals surface area contributed by atoms with E-state index in [0.717, 1.165) is 5.52 Å². The lowest BCUT2D eigenvalue weighted by molar-refractivity contribution is -0.139. The molecule has 2 aromatic heterocycles. The average molecular weight is 206 g/mol. The van der Waals surface area contributed by atoms with E-state index in [2.05, 4.69) is 5.10 Å². The van der Waals surface area contributed by atoms with Gasteiger partial charge in [-0.15, -0.1) is 0 Å². The van der Waals surface area contributed by atoms with E-state index in [4.69, 9.17) is 5.11 Å². The van der Waals surface area contributed by atoms with E-state index in [1.165, 1.54) is 6.20 Å². The lowest BCUT2D eigenvalue weighted by Gasteiger charge is -2.05. The van der Waals surface area contributed by atoms with Crippen LogP contribution in [0.3, 0.4) is 0 Å². The molecular weight excluding hydrogens is 196 g/mol. The molecule has 2 rings (SSSR count). The van der Waals surface area contributed by atoms with E-state index in [1.807, 2.05) is 12.1 Å². The number of carboxylic acid groups (broad SMARTS) is 1. The molecule has 0 radical (unpaired) electrons. The minimum absolute atomic E-state index is 0.309. The lowest BCUT2D eigenvalue weighted by Crippen LogP contribution is -2.04. The van der Waals surface area contributed by atoms with Gasteiger partial charge in [-0.2, -0.15) is 5.10 Å². The van der Waals surface area contributed by atoms with Gasteiger partial charge >= 0.3 is 5.97 Å². The van der Waals surface area contributed by atoms with Crippen molar-refractivity contribution in [2.24, 2.45) is 0 Å². The Balaban J connectivity index is 2.39. The summed E-state index contributed by atoms with van der Waals surface area (Å²) in [5.74, 6) is -1.03. The zero-order valence-electron chi connectivity index (χ0n) is 7.87. The molecule has 0 unspecified atom stereocenters. The predicted octanol–water partition coefficient (Wildman–Crippen LogP) is 0.842. The van der Waals surface area contributed by atoms with Crippen molar-refractivity contribution in [1.29, 1.82) is 0 Å². The molecule has 0 bridgehead atoms. The maximum Gasteiger partial charge on any atom is 0.306 e. The molecule has 2 N–H and O–H groups in total. The number of nitrogens with zero attached hydrogens (tertiary/aromatic N) is 2. The van der Waals surface area contributed by atoms with Crippen LogP contribution in [-0.4, -0.2) is 25.8 Å². The number of hydrogen-bond donors (Lipinski definition) is 2. The fourth-order valence-corrected chi connectivity index (χ4v) is 1.49. The number of pyridine rings is 1. The number of aliphatic carboxylic acids is 1. The van der Waals surface area contributed by atoms with Crippen LogP contribution < -0.4 is 0 Å². The summed E-state index contributed by atoms with van der Waals surface area (Å²) in [4.78, 5) is 10.5. The smallest absolute Gasteiger partial charge is 0.306 e. The first-order chi connectivity index (χ1) is 7.18. The third kappa shape index (κ3) is 1.82. The Kier molecular flexibility index (Phi) is 2.39. The van der Waals surface area contributed by atoms with Gasteiger partial charge < -0.3 is 10.2 Å². The number of rotatable bonds is 3. The van der Waals surface area contributed by atoms with Crippen molar-refractivity contribution >= 4 is 11.5 Å². The topological polar surface area (TPSA) is 74.8 Å². The van der Waals surface area contributed by atoms with E-state index in [-0.39, 0.29) is 6.42 Å². The van der Waals surface area contributed by atoms with Crippen LogP contribution in [0.15, 0.2) is 30.6 Å². The minimum atomic E-state index is -1.03. The van der Waals surface area contributed by atoms with Gasteiger partial charge in [-0.3, -0.25) is 4.79 Å². The van der Waals surface area contributed by atoms with Crippen LogP contribution in [0.2, 0.25) is 0 Å². The zero-order valence-corrected chi connectivity index (χ0v) is 7.87. The Labute approximate surface area is 85.6 Å². The molecule has 2 aromatic rings. The van der Waals surface area contributed by atoms with E-state index < -0.39 is 12.1 Å². The van der Waals surface area contributed by atoms with Crippen LogP contribution >= 0.6 is 0 Å². The van der Waals surface area contributed by atoms with Gasteiger partial charge in [0.2, 0.25) is 0 Å². The molecule has 0 saturated heterocycles. The Bertz CT molecular complexity index is 492. The molecule has 5 nitrogen and oxygen atoms in total. The Hall–Kier alpha value is -1.88. The Morgan fingerprint density at radius 2 is 2.33 bits per heavy atom. The first-order valence-corrected chi connectivity index (χ1v) is 4.50. The third-order valence-corrected chi connectivity index (χ3v) is 2.18. The normalized spacial score (nSPS) is 12.9. The summed E-state index contributed by atoms with van der Waals surface area (Å²) in [6.45, 7) is 0. The van der Waals surface area contributed by atoms with Crippen LogP contribution in [0.25, 0.3) is 5.52 Å². The van der Waals surface area contributed by atoms with Crippen molar-refractivity contribution < 1.29 is 15.0 Å². The van der Waals surface area contributed by atoms with Crippen molar-refractivity contribution in [2.45, 2.75) is 12.5 Å². The quantitative estimate of drug-likeness (QED) is 0.780. The second-order valence-corrected chi connectivity index (χ2v) is 3.24. The standard InChI is InChI=1S/C10H10N2O3/c13-9(5-10(14)15)7-6-11-12-4-2-1-3-8(7)12/h1-4,6,9,13H,5H2,(H,14,15)/t9-/m0/s1. The first kappa shape index (κ1) is 9.67. The summed E-state index contributed by atoms with van der Waals surface area (Å²) in [5.41, 5.74) is 1.27. The fourth-order valence-electron chi connectivity index (χ4n) is 1.49. The molecule has 0 aromatic carbocycles. The maximum atomic E-state index is 10.5. The number of aromatic nitrogens is 2. The molecule has 0 aliphatic heterocycles. The second kappa shape index (κ2) is 3.70. The molecule has 0 fully saturated rings. The van der Waals surface area contributed by atoms with Crippen LogP contribution in [0.1, 0.15) is 18.1 Å². The maximum absolute atomic E-state index is 10.5. The average Bonchev–Trinajstić information content (AvgIpc) is 2.59. The number of carbonyl (C=O) groups is 1. The highest BCUT2D eigenvalue weighted by Crippen LogP contribution is 2.21. The monoisotopic (exact) mass is 206 g/mol. The minimum Gasteiger partial charge on any atom is -0.481 e. The number of carboxylic acids is 1. The molecule has 5 heteroatoms. The van der Waals surface area contributed by atoms with E-state index in [1.54, 1.807) is 16.8 Å². The number of aliphatic hydroxyl groups excluding tert-OH is 1. The molecule has 15 heavy (non-hydrogen) atoms. The molecule has 0 amide bonds. The third-order valence-electron chi connectivity index (χ3n) is 2.18. The van der Waals surface area contributed by atoms with Crippen LogP contribution in [-0.2, 0) is 4.79 Å². The molecular formula is C10H10N2O3. The van der Waals surface area contributed by atoms with Gasteiger partial charge in [0.05, 0.1) is 24.2 Å². The summed E-state index contributed by atoms with van der Waals surface area (Å²) >= 11 is 0. The number of fused-ring (bicyclic) bond motifs is 1. The lowest BCUT2D eigenvalue weighted by atomic mass is 10.1. The zero-order chi connectivity index (χ0) is 10.8. The van der Waals surface area contributed by atoms with Crippen molar-refractivity contribution in [3.63, 3.8) is 0 Å². The summed E-state index contributed by atoms with van der Waals surface area (Å²) in [5, 5.41) is 22.2. The largest absolute Gasteiger partial charge is 0.481 e. The Morgan fingerprint density at radius 1 is 1.53 bits per heavy atom. The van der Waals surface area contributed by atoms with Crippen LogP contribution in [0.4, 0.5) is 0 Å². The molecule has 2 heterocycles. The van der Waals surface area contributed by atoms with E-state index >= 15 is 0 Å². The molecule has 1 atom stereocenters. The molecule has 0 aliphatic rings. The van der Waals surface area contributed by atoms with Crippen molar-refractivity contribution in [2.75, 3.05) is 0 Å². The molecule has 0 aliphatic carbocycles. The molecule has 0 saturated carbocycles. The summed E-state index contributed by atoms with van der Waals surface area (Å²) in [6.07, 6.45) is 1.91. The fraction of sp³-hybridized carbons (Fsp3) is 0.200. The number of aliphatic hydroxyl groups is 1. The second-order valence-electron chi connectivity index (χ2n) is 3.24. The van der Waals surface area contributed by atoms with Gasteiger partial charge in [-0.25, -0.2) is 4.52 Å². The van der Waals surface area contributed by atoms with Crippen molar-refractivity contribution in [3.05, 3.63) is 36.2 Å². The van der Waals surface area contributed by atoms with Crippen molar-refractivity contribution in [1.82, 2.24) is 9.61 Å². The summed E-state index contributed by atoms with van der Waals surface area (Å²) in [7, 11) is 0. The highest BCUT2D eigenvalue weighted by Gasteiger charge is 2.16. The van der Waals surface area contributed by atoms with Gasteiger partial charge in [0, 0.05) is 11.8 Å². The van der Waals surface area contributed by atoms with Gasteiger partial charge in [0.25, 0.3) is 0 Å². The van der Waals surface area contributed by atoms with Gasteiger partial charge in [-0.05, 0) is 12.1 Å². The SMILES string of the molecule is O=C(O)C[C@H](O)c1cnn2ccccc12. The molecule has 0 spiro atoms. The molecule has 78 valence electrons. The van der Waals surface area contributed by atoms with Crippen molar-refractivity contribution in [3.8, 4) is 0 Å². The number of hydrogen-bond acceptors (Lipinski definition) is 3. The highest BCUT2D eigenvalue weighted by atomic mass is 16.4. The van der Waals surface area contributed by atoms with E-state index in [9.17, 15) is 9.90 Å². The highest BCUT2D eigenvalue weighted by molar-refractivity contribution is 5.68. The predicted molar refractivity (Wildman–Crippen MR) is 52.4 cm³/mol. The van der Waals surface area contributed by atoms with Gasteiger partial charge in [0.15, 0.2) is 0 Å². The van der Waals surface area contributed by atoms with Crippen LogP contribution in [0, 0.1) is 0 Å². The summed E-state index contributed by atoms with van der Waals surface area (Å²) < 4.78 is 1.60. The van der Waals surface area contributed by atoms with E-state index in [0.29, 0.717) is 5.56 Å². The first-order valence-electron chi connectivity index (χ1n) is 4.50. The van der Waals surface area contributed by atoms with Gasteiger partial charge in [0.1, 0.15) is 0 Å². The Morgan fingerprint density at radius 3 is 3.07 bits per heavy atom. The summed E-state index contributed by atoms with van der Waals surface area (Å²) in [6, 6.07) is 5.41. The van der Waals surface area contributed by atoms with Gasteiger partial charge in [-0.1, -0.05) is 6.07 Å². The van der Waals surface area contributed by atoms with Crippen LogP contribution in [0.5, 0.6) is 0 Å².